The molecule has 1 aliphatic heterocycles. The van der Waals surface area contributed by atoms with Crippen LogP contribution >= 0.6 is 0 Å². The van der Waals surface area contributed by atoms with Gasteiger partial charge in [-0.15, -0.1) is 0 Å². The van der Waals surface area contributed by atoms with Crippen LogP contribution in [0.1, 0.15) is 56.8 Å². The minimum atomic E-state index is -0.660. The number of rotatable bonds is 11. The SMILES string of the molecule is CC(C)OC(C)COC(C)COC(C)COC1OC(=O)c2ccccc21. The number of ether oxygens (including phenoxy) is 5. The molecule has 0 spiro atoms. The van der Waals surface area contributed by atoms with Gasteiger partial charge in [0.05, 0.1) is 49.8 Å². The molecule has 0 saturated heterocycles. The molecule has 4 atom stereocenters. The lowest BCUT2D eigenvalue weighted by Gasteiger charge is -2.21. The summed E-state index contributed by atoms with van der Waals surface area (Å²) in [6, 6.07) is 7.25. The van der Waals surface area contributed by atoms with E-state index in [9.17, 15) is 4.79 Å². The third-order valence-electron chi connectivity index (χ3n) is 3.87. The van der Waals surface area contributed by atoms with Gasteiger partial charge >= 0.3 is 5.97 Å². The fourth-order valence-corrected chi connectivity index (χ4v) is 2.66. The number of hydrogen-bond donors (Lipinski definition) is 0. The van der Waals surface area contributed by atoms with Crippen LogP contribution in [-0.2, 0) is 23.7 Å². The van der Waals surface area contributed by atoms with E-state index in [1.54, 1.807) is 6.07 Å². The van der Waals surface area contributed by atoms with Crippen molar-refractivity contribution in [3.63, 3.8) is 0 Å². The molecule has 26 heavy (non-hydrogen) atoms. The Morgan fingerprint density at radius 2 is 1.54 bits per heavy atom. The van der Waals surface area contributed by atoms with E-state index in [4.69, 9.17) is 23.7 Å². The number of carbonyl (C=O) groups is 1. The van der Waals surface area contributed by atoms with Crippen LogP contribution in [0.15, 0.2) is 24.3 Å². The van der Waals surface area contributed by atoms with Crippen molar-refractivity contribution in [2.45, 2.75) is 65.3 Å². The Kier molecular flexibility index (Phi) is 8.03. The highest BCUT2D eigenvalue weighted by molar-refractivity contribution is 5.93. The topological polar surface area (TPSA) is 63.2 Å². The second kappa shape index (κ2) is 10.0. The van der Waals surface area contributed by atoms with Gasteiger partial charge in [0.25, 0.3) is 0 Å². The van der Waals surface area contributed by atoms with E-state index in [1.165, 1.54) is 0 Å². The molecule has 0 radical (unpaired) electrons. The Morgan fingerprint density at radius 1 is 0.923 bits per heavy atom. The molecule has 146 valence electrons. The summed E-state index contributed by atoms with van der Waals surface area (Å²) in [7, 11) is 0. The minimum Gasteiger partial charge on any atom is -0.428 e. The molecule has 0 N–H and O–H groups in total. The summed E-state index contributed by atoms with van der Waals surface area (Å²) in [5.74, 6) is -0.348. The Hall–Kier alpha value is -1.47. The molecule has 0 bridgehead atoms. The van der Waals surface area contributed by atoms with Gasteiger partial charge in [0, 0.05) is 5.56 Å². The number of cyclic esters (lactones) is 1. The van der Waals surface area contributed by atoms with E-state index < -0.39 is 6.29 Å². The van der Waals surface area contributed by atoms with E-state index in [0.29, 0.717) is 25.4 Å². The quantitative estimate of drug-likeness (QED) is 0.559. The monoisotopic (exact) mass is 366 g/mol. The van der Waals surface area contributed by atoms with Crippen LogP contribution in [0, 0.1) is 0 Å². The van der Waals surface area contributed by atoms with Crippen molar-refractivity contribution < 1.29 is 28.5 Å². The van der Waals surface area contributed by atoms with Crippen LogP contribution in [0.3, 0.4) is 0 Å². The summed E-state index contributed by atoms with van der Waals surface area (Å²) in [6.07, 6.45) is -0.604. The summed E-state index contributed by atoms with van der Waals surface area (Å²) in [4.78, 5) is 11.8. The standard InChI is InChI=1S/C20H30O6/c1-13(2)25-16(5)12-23-14(3)10-22-15(4)11-24-20-18-9-7-6-8-17(18)19(21)26-20/h6-9,13-16,20H,10-12H2,1-5H3. The van der Waals surface area contributed by atoms with E-state index in [-0.39, 0.29) is 30.4 Å². The molecule has 0 saturated carbocycles. The minimum absolute atomic E-state index is 0.0410. The lowest BCUT2D eigenvalue weighted by atomic mass is 10.1. The van der Waals surface area contributed by atoms with Gasteiger partial charge in [0.15, 0.2) is 0 Å². The van der Waals surface area contributed by atoms with Gasteiger partial charge in [-0.1, -0.05) is 18.2 Å². The Morgan fingerprint density at radius 3 is 2.23 bits per heavy atom. The predicted octanol–water partition coefficient (Wildman–Crippen LogP) is 3.50. The summed E-state index contributed by atoms with van der Waals surface area (Å²) < 4.78 is 28.1. The number of benzene rings is 1. The lowest BCUT2D eigenvalue weighted by Crippen LogP contribution is -2.27. The molecule has 4 unspecified atom stereocenters. The van der Waals surface area contributed by atoms with Gasteiger partial charge in [0.1, 0.15) is 0 Å². The van der Waals surface area contributed by atoms with Gasteiger partial charge in [-0.3, -0.25) is 0 Å². The van der Waals surface area contributed by atoms with Crippen LogP contribution < -0.4 is 0 Å². The molecule has 6 nitrogen and oxygen atoms in total. The van der Waals surface area contributed by atoms with E-state index in [0.717, 1.165) is 5.56 Å². The maximum atomic E-state index is 11.8. The molecular weight excluding hydrogens is 336 g/mol. The first-order valence-electron chi connectivity index (χ1n) is 9.17. The van der Waals surface area contributed by atoms with Gasteiger partial charge in [-0.25, -0.2) is 4.79 Å². The van der Waals surface area contributed by atoms with Crippen LogP contribution in [0.25, 0.3) is 0 Å². The third kappa shape index (κ3) is 6.36. The van der Waals surface area contributed by atoms with E-state index in [2.05, 4.69) is 0 Å². The molecule has 0 aromatic heterocycles. The summed E-state index contributed by atoms with van der Waals surface area (Å²) in [6.45, 7) is 11.2. The molecule has 1 aromatic rings. The Bertz CT molecular complexity index is 573. The molecule has 0 amide bonds. The summed E-state index contributed by atoms with van der Waals surface area (Å²) in [5.41, 5.74) is 1.33. The Labute approximate surface area is 155 Å². The van der Waals surface area contributed by atoms with Crippen molar-refractivity contribution in [3.8, 4) is 0 Å². The Balaban J connectivity index is 1.65. The second-order valence-electron chi connectivity index (χ2n) is 6.94. The van der Waals surface area contributed by atoms with Crippen LogP contribution in [0.5, 0.6) is 0 Å². The fraction of sp³-hybridized carbons (Fsp3) is 0.650. The molecule has 1 aromatic carbocycles. The van der Waals surface area contributed by atoms with Crippen molar-refractivity contribution in [2.75, 3.05) is 19.8 Å². The van der Waals surface area contributed by atoms with Crippen molar-refractivity contribution in [2.24, 2.45) is 0 Å². The molecular formula is C20H30O6. The first-order valence-corrected chi connectivity index (χ1v) is 9.17. The van der Waals surface area contributed by atoms with Crippen LogP contribution in [0.4, 0.5) is 0 Å². The molecule has 2 rings (SSSR count). The molecule has 1 aliphatic rings. The second-order valence-corrected chi connectivity index (χ2v) is 6.94. The molecule has 6 heteroatoms. The maximum Gasteiger partial charge on any atom is 0.341 e. The van der Waals surface area contributed by atoms with Crippen LogP contribution in [-0.4, -0.2) is 50.2 Å². The predicted molar refractivity (Wildman–Crippen MR) is 97.1 cm³/mol. The maximum absolute atomic E-state index is 11.8. The molecule has 0 aliphatic carbocycles. The molecule has 0 fully saturated rings. The zero-order valence-electron chi connectivity index (χ0n) is 16.3. The number of hydrogen-bond acceptors (Lipinski definition) is 6. The average Bonchev–Trinajstić information content (AvgIpc) is 2.92. The van der Waals surface area contributed by atoms with E-state index >= 15 is 0 Å². The summed E-state index contributed by atoms with van der Waals surface area (Å²) >= 11 is 0. The normalized spacial score (nSPS) is 19.9. The largest absolute Gasteiger partial charge is 0.428 e. The van der Waals surface area contributed by atoms with Crippen LogP contribution in [0.2, 0.25) is 0 Å². The zero-order valence-corrected chi connectivity index (χ0v) is 16.3. The zero-order chi connectivity index (χ0) is 19.1. The van der Waals surface area contributed by atoms with Gasteiger partial charge in [-0.05, 0) is 40.7 Å². The fourth-order valence-electron chi connectivity index (χ4n) is 2.66. The van der Waals surface area contributed by atoms with Gasteiger partial charge in [0.2, 0.25) is 6.29 Å². The smallest absolute Gasteiger partial charge is 0.341 e. The number of fused-ring (bicyclic) bond motifs is 1. The molecule has 1 heterocycles. The highest BCUT2D eigenvalue weighted by Crippen LogP contribution is 2.31. The average molecular weight is 366 g/mol. The van der Waals surface area contributed by atoms with E-state index in [1.807, 2.05) is 52.8 Å². The first-order chi connectivity index (χ1) is 12.4. The van der Waals surface area contributed by atoms with Crippen molar-refractivity contribution in [1.29, 1.82) is 0 Å². The first kappa shape index (κ1) is 20.8. The van der Waals surface area contributed by atoms with Crippen molar-refractivity contribution in [3.05, 3.63) is 35.4 Å². The summed E-state index contributed by atoms with van der Waals surface area (Å²) in [5, 5.41) is 0. The van der Waals surface area contributed by atoms with Crippen molar-refractivity contribution >= 4 is 5.97 Å². The highest BCUT2D eigenvalue weighted by Gasteiger charge is 2.31. The van der Waals surface area contributed by atoms with Gasteiger partial charge in [-0.2, -0.15) is 0 Å². The lowest BCUT2D eigenvalue weighted by molar-refractivity contribution is -0.138. The third-order valence-corrected chi connectivity index (χ3v) is 3.87. The van der Waals surface area contributed by atoms with Crippen molar-refractivity contribution in [1.82, 2.24) is 0 Å². The number of carbonyl (C=O) groups excluding carboxylic acids is 1. The highest BCUT2D eigenvalue weighted by atomic mass is 16.7. The number of esters is 1. The van der Waals surface area contributed by atoms with Gasteiger partial charge < -0.3 is 23.7 Å².